The molecule has 3 rings (SSSR count). The van der Waals surface area contributed by atoms with Crippen LogP contribution in [0, 0.1) is 5.92 Å². The average molecular weight is 317 g/mol. The molecule has 7 heteroatoms. The summed E-state index contributed by atoms with van der Waals surface area (Å²) in [5, 5.41) is 3.96. The predicted molar refractivity (Wildman–Crippen MR) is 86.4 cm³/mol. The SMILES string of the molecule is CC(C)COc1cncc(N2CCN(Cc3ccon3)CC2)n1. The summed E-state index contributed by atoms with van der Waals surface area (Å²) in [4.78, 5) is 13.4. The number of piperazine rings is 1. The molecule has 2 aromatic heterocycles. The fourth-order valence-electron chi connectivity index (χ4n) is 2.50. The van der Waals surface area contributed by atoms with Gasteiger partial charge >= 0.3 is 0 Å². The Kier molecular flexibility index (Phi) is 5.07. The standard InChI is InChI=1S/C16H23N5O2/c1-13(2)12-22-16-10-17-9-15(18-16)21-6-4-20(5-7-21)11-14-3-8-23-19-14/h3,8-10,13H,4-7,11-12H2,1-2H3. The molecule has 7 nitrogen and oxygen atoms in total. The second-order valence-corrected chi connectivity index (χ2v) is 6.17. The van der Waals surface area contributed by atoms with Crippen molar-refractivity contribution in [1.29, 1.82) is 0 Å². The first kappa shape index (κ1) is 15.7. The van der Waals surface area contributed by atoms with Crippen LogP contribution in [-0.2, 0) is 6.54 Å². The minimum Gasteiger partial charge on any atom is -0.476 e. The summed E-state index contributed by atoms with van der Waals surface area (Å²) in [5.74, 6) is 1.95. The van der Waals surface area contributed by atoms with E-state index in [4.69, 9.17) is 9.26 Å². The molecular weight excluding hydrogens is 294 g/mol. The van der Waals surface area contributed by atoms with Crippen molar-refractivity contribution in [2.75, 3.05) is 37.7 Å². The van der Waals surface area contributed by atoms with Crippen LogP contribution in [0.25, 0.3) is 0 Å². The Morgan fingerprint density at radius 1 is 1.22 bits per heavy atom. The number of nitrogens with zero attached hydrogens (tertiary/aromatic N) is 5. The summed E-state index contributed by atoms with van der Waals surface area (Å²) >= 11 is 0. The second-order valence-electron chi connectivity index (χ2n) is 6.17. The molecule has 1 fully saturated rings. The van der Waals surface area contributed by atoms with Crippen molar-refractivity contribution in [3.8, 4) is 5.88 Å². The van der Waals surface area contributed by atoms with Gasteiger partial charge in [0.1, 0.15) is 6.26 Å². The average Bonchev–Trinajstić information content (AvgIpc) is 3.07. The molecule has 3 heterocycles. The fraction of sp³-hybridized carbons (Fsp3) is 0.562. The third-order valence-electron chi connectivity index (χ3n) is 3.74. The zero-order chi connectivity index (χ0) is 16.1. The van der Waals surface area contributed by atoms with Gasteiger partial charge in [0.15, 0.2) is 5.82 Å². The lowest BCUT2D eigenvalue weighted by Crippen LogP contribution is -2.46. The molecule has 0 spiro atoms. The monoisotopic (exact) mass is 317 g/mol. The van der Waals surface area contributed by atoms with Gasteiger partial charge < -0.3 is 14.2 Å². The van der Waals surface area contributed by atoms with Gasteiger partial charge in [-0.15, -0.1) is 0 Å². The van der Waals surface area contributed by atoms with Crippen LogP contribution in [0.3, 0.4) is 0 Å². The van der Waals surface area contributed by atoms with Gasteiger partial charge in [0, 0.05) is 38.8 Å². The Hall–Kier alpha value is -2.15. The largest absolute Gasteiger partial charge is 0.476 e. The Labute approximate surface area is 136 Å². The molecule has 0 aliphatic carbocycles. The highest BCUT2D eigenvalue weighted by atomic mass is 16.5. The van der Waals surface area contributed by atoms with Crippen LogP contribution in [0.4, 0.5) is 5.82 Å². The highest BCUT2D eigenvalue weighted by Gasteiger charge is 2.19. The Balaban J connectivity index is 1.53. The summed E-state index contributed by atoms with van der Waals surface area (Å²) in [6.07, 6.45) is 5.09. The number of aromatic nitrogens is 3. The van der Waals surface area contributed by atoms with Gasteiger partial charge in [0.05, 0.1) is 24.7 Å². The van der Waals surface area contributed by atoms with E-state index >= 15 is 0 Å². The van der Waals surface area contributed by atoms with E-state index in [1.54, 1.807) is 18.7 Å². The van der Waals surface area contributed by atoms with Crippen LogP contribution in [0.15, 0.2) is 29.2 Å². The highest BCUT2D eigenvalue weighted by molar-refractivity contribution is 5.38. The van der Waals surface area contributed by atoms with Gasteiger partial charge in [-0.05, 0) is 5.92 Å². The van der Waals surface area contributed by atoms with Crippen LogP contribution in [0.5, 0.6) is 5.88 Å². The van der Waals surface area contributed by atoms with Crippen molar-refractivity contribution >= 4 is 5.82 Å². The lowest BCUT2D eigenvalue weighted by molar-refractivity contribution is 0.240. The maximum Gasteiger partial charge on any atom is 0.234 e. The van der Waals surface area contributed by atoms with E-state index in [2.05, 4.69) is 38.8 Å². The van der Waals surface area contributed by atoms with Gasteiger partial charge in [-0.3, -0.25) is 9.88 Å². The molecule has 0 N–H and O–H groups in total. The highest BCUT2D eigenvalue weighted by Crippen LogP contribution is 2.17. The fourth-order valence-corrected chi connectivity index (χ4v) is 2.50. The van der Waals surface area contributed by atoms with E-state index in [1.807, 2.05) is 6.07 Å². The predicted octanol–water partition coefficient (Wildman–Crippen LogP) is 1.82. The maximum absolute atomic E-state index is 5.66. The molecule has 0 radical (unpaired) electrons. The summed E-state index contributed by atoms with van der Waals surface area (Å²) < 4.78 is 10.5. The summed E-state index contributed by atoms with van der Waals surface area (Å²) in [6, 6.07) is 1.91. The Morgan fingerprint density at radius 3 is 2.74 bits per heavy atom. The number of hydrogen-bond acceptors (Lipinski definition) is 7. The van der Waals surface area contributed by atoms with Gasteiger partial charge in [-0.2, -0.15) is 4.98 Å². The molecule has 23 heavy (non-hydrogen) atoms. The molecule has 0 saturated carbocycles. The van der Waals surface area contributed by atoms with Crippen LogP contribution in [-0.4, -0.2) is 52.8 Å². The first-order valence-electron chi connectivity index (χ1n) is 8.02. The van der Waals surface area contributed by atoms with Crippen LogP contribution in [0.1, 0.15) is 19.5 Å². The summed E-state index contributed by atoms with van der Waals surface area (Å²) in [6.45, 7) is 9.48. The number of hydrogen-bond donors (Lipinski definition) is 0. The van der Waals surface area contributed by atoms with Crippen LogP contribution in [0.2, 0.25) is 0 Å². The molecule has 1 aliphatic rings. The molecule has 2 aromatic rings. The normalized spacial score (nSPS) is 16.0. The Morgan fingerprint density at radius 2 is 2.04 bits per heavy atom. The third kappa shape index (κ3) is 4.41. The van der Waals surface area contributed by atoms with Crippen molar-refractivity contribution in [2.45, 2.75) is 20.4 Å². The van der Waals surface area contributed by atoms with E-state index < -0.39 is 0 Å². The molecule has 0 amide bonds. The molecule has 124 valence electrons. The molecule has 1 aliphatic heterocycles. The molecule has 0 bridgehead atoms. The third-order valence-corrected chi connectivity index (χ3v) is 3.74. The van der Waals surface area contributed by atoms with Gasteiger partial charge in [-0.25, -0.2) is 0 Å². The zero-order valence-corrected chi connectivity index (χ0v) is 13.7. The maximum atomic E-state index is 5.66. The molecule has 0 aromatic carbocycles. The summed E-state index contributed by atoms with van der Waals surface area (Å²) in [7, 11) is 0. The minimum atomic E-state index is 0.473. The topological polar surface area (TPSA) is 67.5 Å². The molecule has 1 saturated heterocycles. The van der Waals surface area contributed by atoms with E-state index in [1.165, 1.54) is 0 Å². The minimum absolute atomic E-state index is 0.473. The van der Waals surface area contributed by atoms with Gasteiger partial charge in [-0.1, -0.05) is 19.0 Å². The van der Waals surface area contributed by atoms with Crippen LogP contribution < -0.4 is 9.64 Å². The van der Waals surface area contributed by atoms with Crippen molar-refractivity contribution < 1.29 is 9.26 Å². The van der Waals surface area contributed by atoms with Crippen molar-refractivity contribution in [3.05, 3.63) is 30.4 Å². The number of rotatable bonds is 6. The smallest absolute Gasteiger partial charge is 0.234 e. The molecule has 0 atom stereocenters. The molecule has 0 unspecified atom stereocenters. The Bertz CT molecular complexity index is 594. The van der Waals surface area contributed by atoms with Crippen molar-refractivity contribution in [1.82, 2.24) is 20.0 Å². The first-order chi connectivity index (χ1) is 11.2. The summed E-state index contributed by atoms with van der Waals surface area (Å²) in [5.41, 5.74) is 0.974. The second kappa shape index (κ2) is 7.41. The van der Waals surface area contributed by atoms with E-state index in [-0.39, 0.29) is 0 Å². The number of anilines is 1. The van der Waals surface area contributed by atoms with Crippen molar-refractivity contribution in [3.63, 3.8) is 0 Å². The lowest BCUT2D eigenvalue weighted by Gasteiger charge is -2.34. The zero-order valence-electron chi connectivity index (χ0n) is 13.7. The number of ether oxygens (including phenoxy) is 1. The van der Waals surface area contributed by atoms with Crippen LogP contribution >= 0.6 is 0 Å². The van der Waals surface area contributed by atoms with E-state index in [0.29, 0.717) is 18.4 Å². The quantitative estimate of drug-likeness (QED) is 0.805. The lowest BCUT2D eigenvalue weighted by atomic mass is 10.2. The van der Waals surface area contributed by atoms with Gasteiger partial charge in [0.2, 0.25) is 5.88 Å². The van der Waals surface area contributed by atoms with Crippen molar-refractivity contribution in [2.24, 2.45) is 5.92 Å². The first-order valence-corrected chi connectivity index (χ1v) is 8.02. The van der Waals surface area contributed by atoms with E-state index in [0.717, 1.165) is 44.2 Å². The van der Waals surface area contributed by atoms with Gasteiger partial charge in [0.25, 0.3) is 0 Å². The molecular formula is C16H23N5O2. The van der Waals surface area contributed by atoms with E-state index in [9.17, 15) is 0 Å².